The predicted octanol–water partition coefficient (Wildman–Crippen LogP) is 2.97. The lowest BCUT2D eigenvalue weighted by Crippen LogP contribution is -2.48. The van der Waals surface area contributed by atoms with Crippen LogP contribution in [0.5, 0.6) is 0 Å². The third-order valence-electron chi connectivity index (χ3n) is 3.51. The van der Waals surface area contributed by atoms with E-state index in [-0.39, 0.29) is 12.1 Å². The van der Waals surface area contributed by atoms with Crippen LogP contribution in [0.3, 0.4) is 0 Å². The standard InChI is InChI=1S/C15H33NO2/c1-5-10-16-15(6-2,13-17)9-7-11-18-12-8-14(3)4/h14,16-17H,5-13H2,1-4H3. The highest BCUT2D eigenvalue weighted by atomic mass is 16.5. The summed E-state index contributed by atoms with van der Waals surface area (Å²) in [7, 11) is 0. The van der Waals surface area contributed by atoms with Gasteiger partial charge in [-0.2, -0.15) is 0 Å². The fourth-order valence-electron chi connectivity index (χ4n) is 1.96. The molecule has 0 aliphatic carbocycles. The van der Waals surface area contributed by atoms with Crippen molar-refractivity contribution in [3.05, 3.63) is 0 Å². The average molecular weight is 259 g/mol. The van der Waals surface area contributed by atoms with Crippen molar-refractivity contribution in [1.29, 1.82) is 0 Å². The Balaban J connectivity index is 3.76. The number of hydrogen-bond acceptors (Lipinski definition) is 3. The van der Waals surface area contributed by atoms with Crippen molar-refractivity contribution >= 4 is 0 Å². The summed E-state index contributed by atoms with van der Waals surface area (Å²) in [6.45, 7) is 11.6. The molecule has 0 saturated heterocycles. The molecule has 0 fully saturated rings. The lowest BCUT2D eigenvalue weighted by atomic mass is 9.91. The highest BCUT2D eigenvalue weighted by Crippen LogP contribution is 2.17. The Morgan fingerprint density at radius 3 is 2.44 bits per heavy atom. The van der Waals surface area contributed by atoms with Crippen LogP contribution in [0.1, 0.15) is 59.8 Å². The van der Waals surface area contributed by atoms with Gasteiger partial charge in [-0.05, 0) is 44.6 Å². The molecule has 110 valence electrons. The van der Waals surface area contributed by atoms with Gasteiger partial charge < -0.3 is 15.2 Å². The van der Waals surface area contributed by atoms with Crippen molar-refractivity contribution in [3.8, 4) is 0 Å². The summed E-state index contributed by atoms with van der Waals surface area (Å²) in [5, 5.41) is 13.1. The SMILES string of the molecule is CCCNC(CC)(CO)CCCOCCC(C)C. The van der Waals surface area contributed by atoms with E-state index in [2.05, 4.69) is 33.0 Å². The molecule has 1 atom stereocenters. The zero-order valence-corrected chi connectivity index (χ0v) is 12.8. The van der Waals surface area contributed by atoms with E-state index < -0.39 is 0 Å². The molecule has 0 amide bonds. The van der Waals surface area contributed by atoms with Crippen molar-refractivity contribution in [2.75, 3.05) is 26.4 Å². The van der Waals surface area contributed by atoms with Crippen LogP contribution in [0.2, 0.25) is 0 Å². The summed E-state index contributed by atoms with van der Waals surface area (Å²) in [5.74, 6) is 0.711. The van der Waals surface area contributed by atoms with Crippen LogP contribution in [0.4, 0.5) is 0 Å². The number of aliphatic hydroxyl groups excluding tert-OH is 1. The van der Waals surface area contributed by atoms with Crippen LogP contribution >= 0.6 is 0 Å². The molecule has 0 radical (unpaired) electrons. The summed E-state index contributed by atoms with van der Waals surface area (Å²) in [4.78, 5) is 0. The zero-order valence-electron chi connectivity index (χ0n) is 12.8. The molecule has 0 heterocycles. The van der Waals surface area contributed by atoms with E-state index in [0.717, 1.165) is 51.9 Å². The Bertz CT molecular complexity index is 179. The molecule has 0 aromatic heterocycles. The molecule has 3 nitrogen and oxygen atoms in total. The Labute approximate surface area is 113 Å². The third-order valence-corrected chi connectivity index (χ3v) is 3.51. The van der Waals surface area contributed by atoms with Gasteiger partial charge in [0.2, 0.25) is 0 Å². The largest absolute Gasteiger partial charge is 0.394 e. The zero-order chi connectivity index (χ0) is 13.9. The lowest BCUT2D eigenvalue weighted by Gasteiger charge is -2.32. The molecule has 1 unspecified atom stereocenters. The predicted molar refractivity (Wildman–Crippen MR) is 77.9 cm³/mol. The second-order valence-corrected chi connectivity index (χ2v) is 5.62. The Morgan fingerprint density at radius 1 is 1.22 bits per heavy atom. The smallest absolute Gasteiger partial charge is 0.0613 e. The van der Waals surface area contributed by atoms with Crippen molar-refractivity contribution in [2.24, 2.45) is 5.92 Å². The second kappa shape index (κ2) is 10.8. The van der Waals surface area contributed by atoms with Gasteiger partial charge in [0, 0.05) is 18.8 Å². The van der Waals surface area contributed by atoms with Gasteiger partial charge in [0.25, 0.3) is 0 Å². The molecule has 0 aromatic rings. The minimum Gasteiger partial charge on any atom is -0.394 e. The molecular weight excluding hydrogens is 226 g/mol. The van der Waals surface area contributed by atoms with E-state index in [9.17, 15) is 5.11 Å². The van der Waals surface area contributed by atoms with Gasteiger partial charge in [0.1, 0.15) is 0 Å². The summed E-state index contributed by atoms with van der Waals surface area (Å²) in [6, 6.07) is 0. The van der Waals surface area contributed by atoms with Gasteiger partial charge in [-0.15, -0.1) is 0 Å². The normalized spacial score (nSPS) is 15.0. The maximum absolute atomic E-state index is 9.58. The molecule has 0 aromatic carbocycles. The van der Waals surface area contributed by atoms with E-state index in [1.165, 1.54) is 0 Å². The van der Waals surface area contributed by atoms with Gasteiger partial charge in [0.15, 0.2) is 0 Å². The maximum atomic E-state index is 9.58. The Hall–Kier alpha value is -0.120. The van der Waals surface area contributed by atoms with E-state index in [1.807, 2.05) is 0 Å². The minimum absolute atomic E-state index is 0.0998. The van der Waals surface area contributed by atoms with Crippen molar-refractivity contribution < 1.29 is 9.84 Å². The van der Waals surface area contributed by atoms with Crippen molar-refractivity contribution in [1.82, 2.24) is 5.32 Å². The number of nitrogens with one attached hydrogen (secondary N) is 1. The first-order valence-electron chi connectivity index (χ1n) is 7.53. The number of rotatable bonds is 12. The quantitative estimate of drug-likeness (QED) is 0.529. The highest BCUT2D eigenvalue weighted by Gasteiger charge is 2.25. The van der Waals surface area contributed by atoms with E-state index in [1.54, 1.807) is 0 Å². The molecular formula is C15H33NO2. The number of hydrogen-bond donors (Lipinski definition) is 2. The molecule has 0 saturated carbocycles. The Morgan fingerprint density at radius 2 is 1.94 bits per heavy atom. The maximum Gasteiger partial charge on any atom is 0.0613 e. The Kier molecular flexibility index (Phi) is 10.7. The molecule has 0 rings (SSSR count). The van der Waals surface area contributed by atoms with Crippen LogP contribution in [0.15, 0.2) is 0 Å². The first-order valence-corrected chi connectivity index (χ1v) is 7.53. The molecule has 3 heteroatoms. The third kappa shape index (κ3) is 8.06. The van der Waals surface area contributed by atoms with Gasteiger partial charge in [-0.1, -0.05) is 27.7 Å². The van der Waals surface area contributed by atoms with Crippen LogP contribution in [0, 0.1) is 5.92 Å². The van der Waals surface area contributed by atoms with E-state index >= 15 is 0 Å². The molecule has 0 aliphatic heterocycles. The molecule has 2 N–H and O–H groups in total. The van der Waals surface area contributed by atoms with Crippen LogP contribution < -0.4 is 5.32 Å². The summed E-state index contributed by atoms with van der Waals surface area (Å²) < 4.78 is 5.62. The summed E-state index contributed by atoms with van der Waals surface area (Å²) in [5.41, 5.74) is -0.0998. The van der Waals surface area contributed by atoms with Crippen molar-refractivity contribution in [3.63, 3.8) is 0 Å². The van der Waals surface area contributed by atoms with E-state index in [4.69, 9.17) is 4.74 Å². The monoisotopic (exact) mass is 259 g/mol. The number of aliphatic hydroxyl groups is 1. The molecule has 0 bridgehead atoms. The topological polar surface area (TPSA) is 41.5 Å². The van der Waals surface area contributed by atoms with Gasteiger partial charge in [0.05, 0.1) is 6.61 Å². The lowest BCUT2D eigenvalue weighted by molar-refractivity contribution is 0.0971. The number of ether oxygens (including phenoxy) is 1. The molecule has 18 heavy (non-hydrogen) atoms. The van der Waals surface area contributed by atoms with Crippen LogP contribution in [-0.4, -0.2) is 37.0 Å². The van der Waals surface area contributed by atoms with Gasteiger partial charge >= 0.3 is 0 Å². The highest BCUT2D eigenvalue weighted by molar-refractivity contribution is 4.85. The van der Waals surface area contributed by atoms with Gasteiger partial charge in [-0.3, -0.25) is 0 Å². The van der Waals surface area contributed by atoms with E-state index in [0.29, 0.717) is 5.92 Å². The van der Waals surface area contributed by atoms with Crippen LogP contribution in [0.25, 0.3) is 0 Å². The minimum atomic E-state index is -0.0998. The average Bonchev–Trinajstić information content (AvgIpc) is 2.37. The second-order valence-electron chi connectivity index (χ2n) is 5.62. The fourth-order valence-corrected chi connectivity index (χ4v) is 1.96. The summed E-state index contributed by atoms with van der Waals surface area (Å²) in [6.07, 6.45) is 5.21. The molecule has 0 spiro atoms. The molecule has 0 aliphatic rings. The van der Waals surface area contributed by atoms with Gasteiger partial charge in [-0.25, -0.2) is 0 Å². The van der Waals surface area contributed by atoms with Crippen molar-refractivity contribution in [2.45, 2.75) is 65.3 Å². The fraction of sp³-hybridized carbons (Fsp3) is 1.00. The first kappa shape index (κ1) is 17.9. The van der Waals surface area contributed by atoms with Crippen LogP contribution in [-0.2, 0) is 4.74 Å². The first-order chi connectivity index (χ1) is 8.60. The summed E-state index contributed by atoms with van der Waals surface area (Å²) >= 11 is 0.